The Morgan fingerprint density at radius 3 is 2.57 bits per heavy atom. The molecule has 1 aromatic rings. The summed E-state index contributed by atoms with van der Waals surface area (Å²) in [6.07, 6.45) is 5.35. The Hall–Kier alpha value is -1.58. The highest BCUT2D eigenvalue weighted by Crippen LogP contribution is 2.06. The maximum Gasteiger partial charge on any atom is 0.223 e. The number of ether oxygens (including phenoxy) is 1. The van der Waals surface area contributed by atoms with Crippen molar-refractivity contribution in [1.29, 1.82) is 0 Å². The number of nitrogens with one attached hydrogen (secondary N) is 1. The molecule has 4 nitrogen and oxygen atoms in total. The van der Waals surface area contributed by atoms with Crippen LogP contribution >= 0.6 is 0 Å². The fourth-order valence-electron chi connectivity index (χ4n) is 0.859. The van der Waals surface area contributed by atoms with Gasteiger partial charge in [-0.15, -0.1) is 0 Å². The summed E-state index contributed by atoms with van der Waals surface area (Å²) < 4.78 is 4.95. The van der Waals surface area contributed by atoms with Gasteiger partial charge in [0.25, 0.3) is 0 Å². The van der Waals surface area contributed by atoms with E-state index in [1.54, 1.807) is 19.5 Å². The minimum Gasteiger partial charge on any atom is -0.494 e. The van der Waals surface area contributed by atoms with Gasteiger partial charge in [0, 0.05) is 6.54 Å². The van der Waals surface area contributed by atoms with Crippen LogP contribution in [0.1, 0.15) is 13.8 Å². The number of nitrogens with zero attached hydrogens (tertiary/aromatic N) is 2. The Labute approximate surface area is 84.0 Å². The van der Waals surface area contributed by atoms with Crippen molar-refractivity contribution in [3.8, 4) is 5.75 Å². The lowest BCUT2D eigenvalue weighted by Crippen LogP contribution is -2.03. The molecule has 0 bridgehead atoms. The standard InChI is InChI=1S/C10H15N3O/c1-8(2)4-5-11-10-12-6-9(14-3)7-13-10/h4,6-7H,5H2,1-3H3,(H,11,12,13). The van der Waals surface area contributed by atoms with Gasteiger partial charge in [0.15, 0.2) is 5.75 Å². The highest BCUT2D eigenvalue weighted by atomic mass is 16.5. The first kappa shape index (κ1) is 10.5. The number of allylic oxidation sites excluding steroid dienone is 1. The Balaban J connectivity index is 2.48. The van der Waals surface area contributed by atoms with E-state index in [0.29, 0.717) is 11.7 Å². The summed E-state index contributed by atoms with van der Waals surface area (Å²) >= 11 is 0. The molecule has 1 N–H and O–H groups in total. The van der Waals surface area contributed by atoms with E-state index in [-0.39, 0.29) is 0 Å². The van der Waals surface area contributed by atoms with E-state index in [0.717, 1.165) is 6.54 Å². The van der Waals surface area contributed by atoms with Crippen LogP contribution in [0.25, 0.3) is 0 Å². The van der Waals surface area contributed by atoms with E-state index in [1.165, 1.54) is 5.57 Å². The van der Waals surface area contributed by atoms with Crippen LogP contribution in [-0.4, -0.2) is 23.6 Å². The largest absolute Gasteiger partial charge is 0.494 e. The van der Waals surface area contributed by atoms with Gasteiger partial charge in [-0.3, -0.25) is 0 Å². The van der Waals surface area contributed by atoms with Gasteiger partial charge in [-0.25, -0.2) is 9.97 Å². The third kappa shape index (κ3) is 3.43. The molecule has 0 aliphatic rings. The van der Waals surface area contributed by atoms with Gasteiger partial charge < -0.3 is 10.1 Å². The van der Waals surface area contributed by atoms with Crippen molar-refractivity contribution in [2.45, 2.75) is 13.8 Å². The van der Waals surface area contributed by atoms with Gasteiger partial charge in [0.2, 0.25) is 5.95 Å². The molecule has 0 radical (unpaired) electrons. The summed E-state index contributed by atoms with van der Waals surface area (Å²) in [5, 5.41) is 3.07. The molecule has 0 fully saturated rings. The van der Waals surface area contributed by atoms with Gasteiger partial charge in [0.05, 0.1) is 19.5 Å². The molecule has 1 heterocycles. The summed E-state index contributed by atoms with van der Waals surface area (Å²) in [6.45, 7) is 4.85. The molecule has 0 saturated heterocycles. The summed E-state index contributed by atoms with van der Waals surface area (Å²) in [6, 6.07) is 0. The first-order valence-electron chi connectivity index (χ1n) is 4.45. The van der Waals surface area contributed by atoms with Crippen molar-refractivity contribution in [2.24, 2.45) is 0 Å². The first-order valence-corrected chi connectivity index (χ1v) is 4.45. The topological polar surface area (TPSA) is 47.0 Å². The molecular formula is C10H15N3O. The third-order valence-electron chi connectivity index (χ3n) is 1.63. The summed E-state index contributed by atoms with van der Waals surface area (Å²) in [5.41, 5.74) is 1.27. The molecular weight excluding hydrogens is 178 g/mol. The second-order valence-corrected chi connectivity index (χ2v) is 3.11. The minimum atomic E-state index is 0.614. The normalized spacial score (nSPS) is 9.36. The average molecular weight is 193 g/mol. The number of methoxy groups -OCH3 is 1. The Morgan fingerprint density at radius 2 is 2.07 bits per heavy atom. The quantitative estimate of drug-likeness (QED) is 0.741. The van der Waals surface area contributed by atoms with Crippen LogP contribution in [0, 0.1) is 0 Å². The van der Waals surface area contributed by atoms with Crippen molar-refractivity contribution in [1.82, 2.24) is 9.97 Å². The van der Waals surface area contributed by atoms with Gasteiger partial charge >= 0.3 is 0 Å². The number of hydrogen-bond donors (Lipinski definition) is 1. The van der Waals surface area contributed by atoms with E-state index in [1.807, 2.05) is 0 Å². The summed E-state index contributed by atoms with van der Waals surface area (Å²) in [5.74, 6) is 1.28. The molecule has 0 spiro atoms. The van der Waals surface area contributed by atoms with Crippen LogP contribution in [0.4, 0.5) is 5.95 Å². The van der Waals surface area contributed by atoms with Crippen LogP contribution in [0.15, 0.2) is 24.0 Å². The lowest BCUT2D eigenvalue weighted by molar-refractivity contribution is 0.411. The molecule has 0 aliphatic carbocycles. The van der Waals surface area contributed by atoms with Crippen molar-refractivity contribution in [3.63, 3.8) is 0 Å². The fraction of sp³-hybridized carbons (Fsp3) is 0.400. The molecule has 4 heteroatoms. The second-order valence-electron chi connectivity index (χ2n) is 3.11. The molecule has 76 valence electrons. The Morgan fingerprint density at radius 1 is 1.43 bits per heavy atom. The second kappa shape index (κ2) is 5.21. The smallest absolute Gasteiger partial charge is 0.223 e. The van der Waals surface area contributed by atoms with E-state index < -0.39 is 0 Å². The molecule has 0 saturated carbocycles. The van der Waals surface area contributed by atoms with Crippen LogP contribution < -0.4 is 10.1 Å². The third-order valence-corrected chi connectivity index (χ3v) is 1.63. The Bertz CT molecular complexity index is 302. The molecule has 0 unspecified atom stereocenters. The monoisotopic (exact) mass is 193 g/mol. The average Bonchev–Trinajstić information content (AvgIpc) is 2.18. The van der Waals surface area contributed by atoms with Gasteiger partial charge in [-0.1, -0.05) is 11.6 Å². The highest BCUT2D eigenvalue weighted by Gasteiger charge is 1.94. The van der Waals surface area contributed by atoms with Crippen molar-refractivity contribution < 1.29 is 4.74 Å². The zero-order chi connectivity index (χ0) is 10.4. The number of hydrogen-bond acceptors (Lipinski definition) is 4. The molecule has 0 aliphatic heterocycles. The van der Waals surface area contributed by atoms with E-state index >= 15 is 0 Å². The van der Waals surface area contributed by atoms with Gasteiger partial charge in [-0.05, 0) is 13.8 Å². The molecule has 0 aromatic carbocycles. The van der Waals surface area contributed by atoms with Crippen molar-refractivity contribution in [2.75, 3.05) is 19.0 Å². The van der Waals surface area contributed by atoms with Crippen LogP contribution in [0.5, 0.6) is 5.75 Å². The SMILES string of the molecule is COc1cnc(NCC=C(C)C)nc1. The highest BCUT2D eigenvalue weighted by molar-refractivity contribution is 5.28. The van der Waals surface area contributed by atoms with E-state index in [4.69, 9.17) is 4.74 Å². The minimum absolute atomic E-state index is 0.614. The van der Waals surface area contributed by atoms with Gasteiger partial charge in [0.1, 0.15) is 0 Å². The Kier molecular flexibility index (Phi) is 3.91. The first-order chi connectivity index (χ1) is 6.72. The lowest BCUT2D eigenvalue weighted by Gasteiger charge is -2.02. The zero-order valence-corrected chi connectivity index (χ0v) is 8.74. The molecule has 1 rings (SSSR count). The van der Waals surface area contributed by atoms with Crippen molar-refractivity contribution in [3.05, 3.63) is 24.0 Å². The van der Waals surface area contributed by atoms with Crippen LogP contribution in [0.3, 0.4) is 0 Å². The van der Waals surface area contributed by atoms with Crippen LogP contribution in [-0.2, 0) is 0 Å². The summed E-state index contributed by atoms with van der Waals surface area (Å²) in [4.78, 5) is 8.14. The van der Waals surface area contributed by atoms with Gasteiger partial charge in [-0.2, -0.15) is 0 Å². The molecule has 0 atom stereocenters. The maximum atomic E-state index is 4.95. The molecule has 1 aromatic heterocycles. The zero-order valence-electron chi connectivity index (χ0n) is 8.74. The number of aromatic nitrogens is 2. The lowest BCUT2D eigenvalue weighted by atomic mass is 10.3. The predicted octanol–water partition coefficient (Wildman–Crippen LogP) is 1.86. The number of rotatable bonds is 4. The fourth-order valence-corrected chi connectivity index (χ4v) is 0.859. The summed E-state index contributed by atoms with van der Waals surface area (Å²) in [7, 11) is 1.59. The maximum absolute atomic E-state index is 4.95. The van der Waals surface area contributed by atoms with Crippen LogP contribution in [0.2, 0.25) is 0 Å². The predicted molar refractivity (Wildman–Crippen MR) is 56.5 cm³/mol. The molecule has 0 amide bonds. The van der Waals surface area contributed by atoms with Crippen molar-refractivity contribution >= 4 is 5.95 Å². The number of anilines is 1. The van der Waals surface area contributed by atoms with E-state index in [2.05, 4.69) is 35.2 Å². The molecule has 14 heavy (non-hydrogen) atoms. The van der Waals surface area contributed by atoms with E-state index in [9.17, 15) is 0 Å².